The molecular weight excluding hydrogens is 400 g/mol. The molecule has 0 aliphatic carbocycles. The molecule has 8 nitrogen and oxygen atoms in total. The van der Waals surface area contributed by atoms with Crippen molar-refractivity contribution in [2.75, 3.05) is 41.4 Å². The molecule has 2 aliphatic heterocycles. The highest BCUT2D eigenvalue weighted by molar-refractivity contribution is 5.84. The summed E-state index contributed by atoms with van der Waals surface area (Å²) < 4.78 is 2.19. The van der Waals surface area contributed by atoms with Crippen LogP contribution in [-0.2, 0) is 0 Å². The minimum atomic E-state index is 0.498. The number of rotatable bonds is 6. The first kappa shape index (κ1) is 20.5. The Kier molecular flexibility index (Phi) is 5.75. The van der Waals surface area contributed by atoms with Crippen LogP contribution in [-0.4, -0.2) is 51.9 Å². The lowest BCUT2D eigenvalue weighted by Crippen LogP contribution is -2.25. The molecule has 0 atom stereocenters. The van der Waals surface area contributed by atoms with Crippen molar-refractivity contribution in [3.05, 3.63) is 53.3 Å². The van der Waals surface area contributed by atoms with Gasteiger partial charge in [0.1, 0.15) is 0 Å². The van der Waals surface area contributed by atoms with Gasteiger partial charge in [0.2, 0.25) is 17.8 Å². The highest BCUT2D eigenvalue weighted by atomic mass is 15.4. The molecule has 3 aromatic rings. The number of hydrogen-bond donors (Lipinski definition) is 1. The molecule has 1 aromatic carbocycles. The molecule has 0 amide bonds. The summed E-state index contributed by atoms with van der Waals surface area (Å²) in [5, 5.41) is 4.50. The van der Waals surface area contributed by atoms with Crippen LogP contribution in [0.2, 0.25) is 0 Å². The number of nitrogens with one attached hydrogen (secondary N) is 1. The van der Waals surface area contributed by atoms with Crippen LogP contribution in [0.5, 0.6) is 0 Å². The van der Waals surface area contributed by atoms with Crippen LogP contribution in [0.4, 0.5) is 17.8 Å². The second-order valence-corrected chi connectivity index (χ2v) is 8.53. The van der Waals surface area contributed by atoms with Gasteiger partial charge < -0.3 is 14.4 Å². The SMILES string of the molecule is Cc1cn(-c2ccccc2)c(C)c1C=NNc1nc(N2CCCC2)nc(N2CCCC2)n1. The Bertz CT molecular complexity index is 1060. The lowest BCUT2D eigenvalue weighted by molar-refractivity contribution is 0.838. The number of hydrazone groups is 1. The number of aryl methyl sites for hydroxylation is 1. The lowest BCUT2D eigenvalue weighted by atomic mass is 10.2. The van der Waals surface area contributed by atoms with Crippen LogP contribution in [0.25, 0.3) is 5.69 Å². The van der Waals surface area contributed by atoms with Gasteiger partial charge in [0.25, 0.3) is 0 Å². The van der Waals surface area contributed by atoms with Gasteiger partial charge in [-0.1, -0.05) is 18.2 Å². The lowest BCUT2D eigenvalue weighted by Gasteiger charge is -2.20. The first-order valence-electron chi connectivity index (χ1n) is 11.5. The molecule has 0 saturated carbocycles. The molecule has 0 radical (unpaired) electrons. The van der Waals surface area contributed by atoms with E-state index in [-0.39, 0.29) is 0 Å². The fraction of sp³-hybridized carbons (Fsp3) is 0.417. The zero-order chi connectivity index (χ0) is 21.9. The fourth-order valence-electron chi connectivity index (χ4n) is 4.50. The molecule has 2 fully saturated rings. The van der Waals surface area contributed by atoms with E-state index in [4.69, 9.17) is 4.98 Å². The smallest absolute Gasteiger partial charge is 0.250 e. The first-order chi connectivity index (χ1) is 15.7. The van der Waals surface area contributed by atoms with Crippen molar-refractivity contribution >= 4 is 24.1 Å². The van der Waals surface area contributed by atoms with E-state index in [1.54, 1.807) is 0 Å². The Labute approximate surface area is 189 Å². The summed E-state index contributed by atoms with van der Waals surface area (Å²) in [5.74, 6) is 2.00. The van der Waals surface area contributed by atoms with Crippen LogP contribution in [0.1, 0.15) is 42.5 Å². The highest BCUT2D eigenvalue weighted by Crippen LogP contribution is 2.23. The predicted molar refractivity (Wildman–Crippen MR) is 129 cm³/mol. The Balaban J connectivity index is 1.39. The summed E-state index contributed by atoms with van der Waals surface area (Å²) in [5.41, 5.74) is 7.62. The number of aromatic nitrogens is 4. The largest absolute Gasteiger partial charge is 0.341 e. The predicted octanol–water partition coefficient (Wildman–Crippen LogP) is 3.93. The second-order valence-electron chi connectivity index (χ2n) is 8.53. The monoisotopic (exact) mass is 430 g/mol. The Hall–Kier alpha value is -3.42. The second kappa shape index (κ2) is 8.98. The van der Waals surface area contributed by atoms with Gasteiger partial charge >= 0.3 is 0 Å². The highest BCUT2D eigenvalue weighted by Gasteiger charge is 2.21. The zero-order valence-electron chi connectivity index (χ0n) is 18.8. The van der Waals surface area contributed by atoms with Crippen molar-refractivity contribution in [1.29, 1.82) is 0 Å². The molecule has 2 aliphatic rings. The average molecular weight is 431 g/mol. The van der Waals surface area contributed by atoms with E-state index in [9.17, 15) is 0 Å². The van der Waals surface area contributed by atoms with E-state index in [2.05, 4.69) is 79.2 Å². The van der Waals surface area contributed by atoms with Gasteiger partial charge in [0.15, 0.2) is 0 Å². The van der Waals surface area contributed by atoms with Crippen molar-refractivity contribution < 1.29 is 0 Å². The van der Waals surface area contributed by atoms with Crippen molar-refractivity contribution in [2.45, 2.75) is 39.5 Å². The molecule has 8 heteroatoms. The first-order valence-corrected chi connectivity index (χ1v) is 11.5. The van der Waals surface area contributed by atoms with Gasteiger partial charge in [-0.2, -0.15) is 20.1 Å². The third-order valence-corrected chi connectivity index (χ3v) is 6.28. The summed E-state index contributed by atoms with van der Waals surface area (Å²) >= 11 is 0. The standard InChI is InChI=1S/C24H30N8/c1-18-17-32(20-10-4-3-5-11-20)19(2)21(18)16-25-29-22-26-23(30-12-6-7-13-30)28-24(27-22)31-14-8-9-15-31/h3-5,10-11,16-17H,6-9,12-15H2,1-2H3,(H,26,27,28,29). The normalized spacial score (nSPS) is 16.4. The molecule has 166 valence electrons. The van der Waals surface area contributed by atoms with Crippen LogP contribution >= 0.6 is 0 Å². The van der Waals surface area contributed by atoms with Gasteiger partial charge in [-0.25, -0.2) is 5.43 Å². The van der Waals surface area contributed by atoms with Crippen LogP contribution in [0.3, 0.4) is 0 Å². The van der Waals surface area contributed by atoms with Crippen molar-refractivity contribution in [3.63, 3.8) is 0 Å². The van der Waals surface area contributed by atoms with Crippen molar-refractivity contribution in [1.82, 2.24) is 19.5 Å². The Morgan fingerprint density at radius 3 is 2.03 bits per heavy atom. The minimum absolute atomic E-state index is 0.498. The summed E-state index contributed by atoms with van der Waals surface area (Å²) in [4.78, 5) is 18.6. The van der Waals surface area contributed by atoms with Gasteiger partial charge in [0.05, 0.1) is 6.21 Å². The maximum absolute atomic E-state index is 4.76. The van der Waals surface area contributed by atoms with Crippen LogP contribution < -0.4 is 15.2 Å². The molecule has 2 saturated heterocycles. The van der Waals surface area contributed by atoms with Gasteiger partial charge in [-0.15, -0.1) is 0 Å². The molecule has 0 bridgehead atoms. The Morgan fingerprint density at radius 2 is 1.44 bits per heavy atom. The van der Waals surface area contributed by atoms with E-state index in [0.29, 0.717) is 5.95 Å². The number of para-hydroxylation sites is 1. The van der Waals surface area contributed by atoms with Gasteiger partial charge in [-0.05, 0) is 57.2 Å². The summed E-state index contributed by atoms with van der Waals surface area (Å²) in [6, 6.07) is 10.3. The number of anilines is 3. The third-order valence-electron chi connectivity index (χ3n) is 6.28. The van der Waals surface area contributed by atoms with Gasteiger partial charge in [-0.3, -0.25) is 0 Å². The molecule has 5 rings (SSSR count). The zero-order valence-corrected chi connectivity index (χ0v) is 18.8. The molecule has 0 unspecified atom stereocenters. The van der Waals surface area contributed by atoms with E-state index < -0.39 is 0 Å². The fourth-order valence-corrected chi connectivity index (χ4v) is 4.50. The maximum Gasteiger partial charge on any atom is 0.250 e. The minimum Gasteiger partial charge on any atom is -0.341 e. The number of benzene rings is 1. The molecule has 4 heterocycles. The third kappa shape index (κ3) is 4.17. The molecule has 32 heavy (non-hydrogen) atoms. The van der Waals surface area contributed by atoms with Crippen molar-refractivity contribution in [2.24, 2.45) is 5.10 Å². The summed E-state index contributed by atoms with van der Waals surface area (Å²) in [6.07, 6.45) is 8.74. The van der Waals surface area contributed by atoms with Gasteiger partial charge in [0, 0.05) is 49.3 Å². The van der Waals surface area contributed by atoms with Crippen LogP contribution in [0.15, 0.2) is 41.6 Å². The molecule has 2 aromatic heterocycles. The summed E-state index contributed by atoms with van der Waals surface area (Å²) in [6.45, 7) is 8.21. The average Bonchev–Trinajstić information content (AvgIpc) is 3.58. The van der Waals surface area contributed by atoms with E-state index in [1.807, 2.05) is 12.3 Å². The molecule has 0 spiro atoms. The van der Waals surface area contributed by atoms with E-state index in [1.165, 1.54) is 31.2 Å². The topological polar surface area (TPSA) is 74.5 Å². The van der Waals surface area contributed by atoms with E-state index in [0.717, 1.165) is 55.0 Å². The van der Waals surface area contributed by atoms with Crippen molar-refractivity contribution in [3.8, 4) is 5.69 Å². The maximum atomic E-state index is 4.76. The quantitative estimate of drug-likeness (QED) is 0.472. The van der Waals surface area contributed by atoms with Crippen LogP contribution in [0, 0.1) is 13.8 Å². The summed E-state index contributed by atoms with van der Waals surface area (Å²) in [7, 11) is 0. The number of nitrogens with zero attached hydrogens (tertiary/aromatic N) is 7. The Morgan fingerprint density at radius 1 is 0.844 bits per heavy atom. The molecule has 1 N–H and O–H groups in total. The number of hydrogen-bond acceptors (Lipinski definition) is 7. The molecular formula is C24H30N8. The van der Waals surface area contributed by atoms with E-state index >= 15 is 0 Å².